The Labute approximate surface area is 170 Å². The minimum absolute atomic E-state index is 0.0207. The number of nitrogens with one attached hydrogen (secondary N) is 2. The first-order chi connectivity index (χ1) is 13.9. The van der Waals surface area contributed by atoms with Gasteiger partial charge in [0.25, 0.3) is 0 Å². The lowest BCUT2D eigenvalue weighted by Gasteiger charge is -2.22. The molecule has 1 aliphatic carbocycles. The highest BCUT2D eigenvalue weighted by Gasteiger charge is 2.29. The number of hydrogen-bond donors (Lipinski definition) is 2. The molecule has 8 heteroatoms. The third-order valence-electron chi connectivity index (χ3n) is 4.88. The topological polar surface area (TPSA) is 111 Å². The second-order valence-electron chi connectivity index (χ2n) is 7.14. The van der Waals surface area contributed by atoms with E-state index in [2.05, 4.69) is 26.7 Å². The van der Waals surface area contributed by atoms with E-state index in [1.807, 2.05) is 6.92 Å². The molecule has 0 spiro atoms. The molecule has 150 valence electrons. The Bertz CT molecular complexity index is 947. The normalized spacial score (nSPS) is 13.9. The number of aromatic nitrogens is 2. The Kier molecular flexibility index (Phi) is 6.07. The van der Waals surface area contributed by atoms with Gasteiger partial charge in [0.05, 0.1) is 29.3 Å². The van der Waals surface area contributed by atoms with Crippen molar-refractivity contribution in [2.24, 2.45) is 5.92 Å². The maximum atomic E-state index is 12.3. The SMILES string of the molecule is CCN(C)C(=O)C(C)Nc1cc(-c2cnc(NC(=O)C3CC3)cn2)ccc1C#N. The van der Waals surface area contributed by atoms with Crippen molar-refractivity contribution in [3.63, 3.8) is 0 Å². The monoisotopic (exact) mass is 392 g/mol. The quantitative estimate of drug-likeness (QED) is 0.749. The van der Waals surface area contributed by atoms with Gasteiger partial charge in [-0.25, -0.2) is 4.98 Å². The van der Waals surface area contributed by atoms with E-state index < -0.39 is 6.04 Å². The molecule has 1 saturated carbocycles. The first-order valence-electron chi connectivity index (χ1n) is 9.61. The molecule has 1 aromatic carbocycles. The summed E-state index contributed by atoms with van der Waals surface area (Å²) in [5, 5.41) is 15.3. The van der Waals surface area contributed by atoms with Gasteiger partial charge in [0, 0.05) is 25.1 Å². The molecule has 1 aromatic heterocycles. The van der Waals surface area contributed by atoms with Gasteiger partial charge in [0.2, 0.25) is 11.8 Å². The zero-order valence-electron chi connectivity index (χ0n) is 16.8. The van der Waals surface area contributed by atoms with E-state index in [0.717, 1.165) is 18.4 Å². The molecule has 2 N–H and O–H groups in total. The highest BCUT2D eigenvalue weighted by Crippen LogP contribution is 2.30. The van der Waals surface area contributed by atoms with Gasteiger partial charge < -0.3 is 15.5 Å². The zero-order chi connectivity index (χ0) is 21.0. The fraction of sp³-hybridized carbons (Fsp3) is 0.381. The van der Waals surface area contributed by atoms with Gasteiger partial charge in [-0.1, -0.05) is 6.07 Å². The number of rotatable bonds is 7. The van der Waals surface area contributed by atoms with Crippen molar-refractivity contribution in [3.05, 3.63) is 36.2 Å². The molecule has 1 fully saturated rings. The van der Waals surface area contributed by atoms with Crippen LogP contribution in [0.5, 0.6) is 0 Å². The second kappa shape index (κ2) is 8.69. The predicted molar refractivity (Wildman–Crippen MR) is 110 cm³/mol. The number of anilines is 2. The van der Waals surface area contributed by atoms with Crippen LogP contribution in [-0.2, 0) is 9.59 Å². The molecule has 8 nitrogen and oxygen atoms in total. The van der Waals surface area contributed by atoms with Crippen LogP contribution in [0.15, 0.2) is 30.6 Å². The van der Waals surface area contributed by atoms with Gasteiger partial charge in [-0.15, -0.1) is 0 Å². The average molecular weight is 392 g/mol. The Morgan fingerprint density at radius 2 is 2.07 bits per heavy atom. The predicted octanol–water partition coefficient (Wildman–Crippen LogP) is 2.64. The van der Waals surface area contributed by atoms with Gasteiger partial charge in [-0.3, -0.25) is 14.6 Å². The lowest BCUT2D eigenvalue weighted by Crippen LogP contribution is -2.39. The van der Waals surface area contributed by atoms with Gasteiger partial charge in [-0.05, 0) is 38.8 Å². The van der Waals surface area contributed by atoms with Crippen molar-refractivity contribution in [1.82, 2.24) is 14.9 Å². The van der Waals surface area contributed by atoms with Gasteiger partial charge >= 0.3 is 0 Å². The first kappa shape index (κ1) is 20.3. The third kappa shape index (κ3) is 4.88. The molecule has 29 heavy (non-hydrogen) atoms. The lowest BCUT2D eigenvalue weighted by molar-refractivity contribution is -0.130. The molecule has 0 aliphatic heterocycles. The van der Waals surface area contributed by atoms with Crippen LogP contribution in [0.25, 0.3) is 11.3 Å². The summed E-state index contributed by atoms with van der Waals surface area (Å²) in [6.07, 6.45) is 4.94. The largest absolute Gasteiger partial charge is 0.373 e. The van der Waals surface area contributed by atoms with E-state index in [1.165, 1.54) is 6.20 Å². The van der Waals surface area contributed by atoms with E-state index in [-0.39, 0.29) is 17.7 Å². The molecule has 0 saturated heterocycles. The minimum Gasteiger partial charge on any atom is -0.373 e. The van der Waals surface area contributed by atoms with Gasteiger partial charge in [-0.2, -0.15) is 5.26 Å². The van der Waals surface area contributed by atoms with Crippen molar-refractivity contribution in [2.45, 2.75) is 32.7 Å². The summed E-state index contributed by atoms with van der Waals surface area (Å²) in [4.78, 5) is 34.4. The molecular formula is C21H24N6O2. The van der Waals surface area contributed by atoms with Crippen molar-refractivity contribution < 1.29 is 9.59 Å². The summed E-state index contributed by atoms with van der Waals surface area (Å²) in [5.74, 6) is 0.435. The van der Waals surface area contributed by atoms with Crippen LogP contribution in [0, 0.1) is 17.2 Å². The van der Waals surface area contributed by atoms with Crippen LogP contribution in [-0.4, -0.2) is 46.3 Å². The molecule has 1 unspecified atom stereocenters. The average Bonchev–Trinajstić information content (AvgIpc) is 3.58. The van der Waals surface area contributed by atoms with Crippen molar-refractivity contribution in [1.29, 1.82) is 5.26 Å². The zero-order valence-corrected chi connectivity index (χ0v) is 16.8. The summed E-state index contributed by atoms with van der Waals surface area (Å²) in [7, 11) is 1.74. The highest BCUT2D eigenvalue weighted by molar-refractivity contribution is 5.93. The molecule has 2 aromatic rings. The van der Waals surface area contributed by atoms with Gasteiger partial charge in [0.1, 0.15) is 12.1 Å². The standard InChI is InChI=1S/C21H24N6O2/c1-4-27(3)21(29)13(2)25-17-9-15(7-8-16(17)10-22)18-11-24-19(12-23-18)26-20(28)14-5-6-14/h7-9,11-14,25H,4-6H2,1-3H3,(H,24,26,28). The summed E-state index contributed by atoms with van der Waals surface area (Å²) < 4.78 is 0. The molecule has 1 heterocycles. The van der Waals surface area contributed by atoms with E-state index in [4.69, 9.17) is 0 Å². The van der Waals surface area contributed by atoms with E-state index in [0.29, 0.717) is 29.3 Å². The number of likely N-dealkylation sites (N-methyl/N-ethyl adjacent to an activating group) is 1. The second-order valence-corrected chi connectivity index (χ2v) is 7.14. The minimum atomic E-state index is -0.478. The van der Waals surface area contributed by atoms with Crippen molar-refractivity contribution in [3.8, 4) is 17.3 Å². The summed E-state index contributed by atoms with van der Waals surface area (Å²) >= 11 is 0. The van der Waals surface area contributed by atoms with Crippen molar-refractivity contribution >= 4 is 23.3 Å². The van der Waals surface area contributed by atoms with E-state index in [9.17, 15) is 14.9 Å². The smallest absolute Gasteiger partial charge is 0.244 e. The molecule has 1 atom stereocenters. The third-order valence-corrected chi connectivity index (χ3v) is 4.88. The number of benzene rings is 1. The highest BCUT2D eigenvalue weighted by atomic mass is 16.2. The fourth-order valence-corrected chi connectivity index (χ4v) is 2.82. The van der Waals surface area contributed by atoms with Crippen LogP contribution >= 0.6 is 0 Å². The molecule has 1 aliphatic rings. The Hall–Kier alpha value is -3.47. The number of amides is 2. The van der Waals surface area contributed by atoms with Crippen LogP contribution in [0.3, 0.4) is 0 Å². The maximum Gasteiger partial charge on any atom is 0.244 e. The van der Waals surface area contributed by atoms with E-state index >= 15 is 0 Å². The fourth-order valence-electron chi connectivity index (χ4n) is 2.82. The summed E-state index contributed by atoms with van der Waals surface area (Å²) in [6.45, 7) is 4.27. The lowest BCUT2D eigenvalue weighted by atomic mass is 10.1. The molecule has 3 rings (SSSR count). The number of hydrogen-bond acceptors (Lipinski definition) is 6. The van der Waals surface area contributed by atoms with Crippen LogP contribution in [0.4, 0.5) is 11.5 Å². The van der Waals surface area contributed by atoms with Gasteiger partial charge in [0.15, 0.2) is 5.82 Å². The number of nitriles is 1. The van der Waals surface area contributed by atoms with Crippen LogP contribution in [0.1, 0.15) is 32.3 Å². The van der Waals surface area contributed by atoms with E-state index in [1.54, 1.807) is 43.3 Å². The summed E-state index contributed by atoms with van der Waals surface area (Å²) in [5.41, 5.74) is 2.35. The maximum absolute atomic E-state index is 12.3. The summed E-state index contributed by atoms with van der Waals surface area (Å²) in [6, 6.07) is 6.90. The van der Waals surface area contributed by atoms with Crippen LogP contribution in [0.2, 0.25) is 0 Å². The molecular weight excluding hydrogens is 368 g/mol. The molecule has 0 radical (unpaired) electrons. The van der Waals surface area contributed by atoms with Crippen LogP contribution < -0.4 is 10.6 Å². The Morgan fingerprint density at radius 1 is 1.31 bits per heavy atom. The number of carbonyl (C=O) groups excluding carboxylic acids is 2. The Balaban J connectivity index is 1.78. The molecule has 2 amide bonds. The number of carbonyl (C=O) groups is 2. The van der Waals surface area contributed by atoms with Crippen molar-refractivity contribution in [2.75, 3.05) is 24.2 Å². The Morgan fingerprint density at radius 3 is 2.66 bits per heavy atom. The molecule has 0 bridgehead atoms. The first-order valence-corrected chi connectivity index (χ1v) is 9.61. The number of nitrogens with zero attached hydrogens (tertiary/aromatic N) is 4.